The summed E-state index contributed by atoms with van der Waals surface area (Å²) in [6.07, 6.45) is 1.09. The van der Waals surface area contributed by atoms with Gasteiger partial charge in [0.1, 0.15) is 5.69 Å². The molecular formula is C14H17N3O2S. The smallest absolute Gasteiger partial charge is 0.361 e. The number of nitrogens with zero attached hydrogens (tertiary/aromatic N) is 2. The molecule has 2 aromatic rings. The van der Waals surface area contributed by atoms with Crippen LogP contribution in [0.25, 0.3) is 11.3 Å². The average molecular weight is 291 g/mol. The van der Waals surface area contributed by atoms with E-state index in [2.05, 4.69) is 22.3 Å². The Hall–Kier alpha value is -1.82. The van der Waals surface area contributed by atoms with Crippen LogP contribution in [-0.4, -0.2) is 33.7 Å². The van der Waals surface area contributed by atoms with Gasteiger partial charge in [0.2, 0.25) is 0 Å². The standard InChI is InChI=1S/C14H17N3O2S/c1-3-9-20-11-8-6-5-7-10(11)12-13(16-17-15-12)14(18)19-4-2/h5-8H,3-4,9H2,1-2H3,(H,15,16,17). The number of benzene rings is 1. The largest absolute Gasteiger partial charge is 0.461 e. The first kappa shape index (κ1) is 14.6. The Bertz CT molecular complexity index is 583. The molecule has 1 aromatic heterocycles. The van der Waals surface area contributed by atoms with Gasteiger partial charge in [-0.05, 0) is 25.2 Å². The maximum atomic E-state index is 11.9. The normalized spacial score (nSPS) is 10.5. The molecular weight excluding hydrogens is 274 g/mol. The fourth-order valence-electron chi connectivity index (χ4n) is 1.76. The first-order valence-electron chi connectivity index (χ1n) is 6.58. The molecule has 0 unspecified atom stereocenters. The maximum Gasteiger partial charge on any atom is 0.361 e. The summed E-state index contributed by atoms with van der Waals surface area (Å²) in [6, 6.07) is 7.87. The van der Waals surface area contributed by atoms with E-state index in [-0.39, 0.29) is 5.69 Å². The monoisotopic (exact) mass is 291 g/mol. The summed E-state index contributed by atoms with van der Waals surface area (Å²) in [5, 5.41) is 10.5. The Morgan fingerprint density at radius 1 is 1.30 bits per heavy atom. The van der Waals surface area contributed by atoms with Crippen LogP contribution in [0, 0.1) is 0 Å². The number of hydrogen-bond donors (Lipinski definition) is 1. The van der Waals surface area contributed by atoms with E-state index < -0.39 is 5.97 Å². The number of aromatic nitrogens is 3. The first-order valence-corrected chi connectivity index (χ1v) is 7.56. The lowest BCUT2D eigenvalue weighted by atomic mass is 10.1. The minimum Gasteiger partial charge on any atom is -0.461 e. The number of carbonyl (C=O) groups is 1. The summed E-state index contributed by atoms with van der Waals surface area (Å²) in [4.78, 5) is 13.0. The minimum absolute atomic E-state index is 0.233. The highest BCUT2D eigenvalue weighted by atomic mass is 32.2. The number of ether oxygens (including phenoxy) is 1. The summed E-state index contributed by atoms with van der Waals surface area (Å²) >= 11 is 1.75. The molecule has 6 heteroatoms. The molecule has 0 aliphatic carbocycles. The van der Waals surface area contributed by atoms with Crippen LogP contribution in [-0.2, 0) is 4.74 Å². The summed E-state index contributed by atoms with van der Waals surface area (Å²) in [5.74, 6) is 0.565. The number of rotatable bonds is 6. The molecule has 0 atom stereocenters. The number of thioether (sulfide) groups is 1. The summed E-state index contributed by atoms with van der Waals surface area (Å²) in [7, 11) is 0. The zero-order valence-corrected chi connectivity index (χ0v) is 12.4. The van der Waals surface area contributed by atoms with Crippen LogP contribution in [0.1, 0.15) is 30.8 Å². The van der Waals surface area contributed by atoms with Crippen LogP contribution in [0.15, 0.2) is 29.2 Å². The number of esters is 1. The topological polar surface area (TPSA) is 67.9 Å². The zero-order chi connectivity index (χ0) is 14.4. The molecule has 0 amide bonds. The van der Waals surface area contributed by atoms with E-state index in [1.54, 1.807) is 18.7 Å². The zero-order valence-electron chi connectivity index (χ0n) is 11.5. The molecule has 0 radical (unpaired) electrons. The second-order valence-electron chi connectivity index (χ2n) is 4.09. The second-order valence-corrected chi connectivity index (χ2v) is 5.22. The molecule has 106 valence electrons. The van der Waals surface area contributed by atoms with Crippen LogP contribution in [0.5, 0.6) is 0 Å². The molecule has 0 spiro atoms. The van der Waals surface area contributed by atoms with Crippen molar-refractivity contribution in [3.63, 3.8) is 0 Å². The van der Waals surface area contributed by atoms with Gasteiger partial charge in [0.15, 0.2) is 5.69 Å². The third kappa shape index (κ3) is 3.19. The third-order valence-corrected chi connectivity index (χ3v) is 3.90. The number of hydrogen-bond acceptors (Lipinski definition) is 5. The molecule has 1 aromatic carbocycles. The molecule has 0 aliphatic rings. The fraction of sp³-hybridized carbons (Fsp3) is 0.357. The van der Waals surface area contributed by atoms with E-state index in [0.29, 0.717) is 12.3 Å². The van der Waals surface area contributed by atoms with E-state index in [1.165, 1.54) is 0 Å². The molecule has 0 bridgehead atoms. The number of aromatic amines is 1. The van der Waals surface area contributed by atoms with Crippen LogP contribution in [0.3, 0.4) is 0 Å². The Labute approximate surface area is 122 Å². The summed E-state index contributed by atoms with van der Waals surface area (Å²) in [6.45, 7) is 4.22. The van der Waals surface area contributed by atoms with E-state index in [0.717, 1.165) is 22.6 Å². The molecule has 5 nitrogen and oxygen atoms in total. The number of carbonyl (C=O) groups excluding carboxylic acids is 1. The van der Waals surface area contributed by atoms with Gasteiger partial charge in [0.25, 0.3) is 0 Å². The van der Waals surface area contributed by atoms with E-state index in [4.69, 9.17) is 4.74 Å². The molecule has 20 heavy (non-hydrogen) atoms. The van der Waals surface area contributed by atoms with Crippen LogP contribution < -0.4 is 0 Å². The Kier molecular flexibility index (Phi) is 5.17. The molecule has 2 rings (SSSR count). The van der Waals surface area contributed by atoms with Gasteiger partial charge < -0.3 is 4.74 Å². The Balaban J connectivity index is 2.37. The van der Waals surface area contributed by atoms with Crippen molar-refractivity contribution in [2.75, 3.05) is 12.4 Å². The SMILES string of the molecule is CCCSc1ccccc1-c1n[nH]nc1C(=O)OCC. The highest BCUT2D eigenvalue weighted by Crippen LogP contribution is 2.31. The highest BCUT2D eigenvalue weighted by Gasteiger charge is 2.20. The van der Waals surface area contributed by atoms with Gasteiger partial charge in [-0.2, -0.15) is 10.3 Å². The Morgan fingerprint density at radius 3 is 2.85 bits per heavy atom. The molecule has 1 N–H and O–H groups in total. The van der Waals surface area contributed by atoms with Gasteiger partial charge in [-0.15, -0.1) is 16.9 Å². The third-order valence-electron chi connectivity index (χ3n) is 2.62. The number of nitrogens with one attached hydrogen (secondary N) is 1. The quantitative estimate of drug-likeness (QED) is 0.654. The van der Waals surface area contributed by atoms with Crippen molar-refractivity contribution in [2.24, 2.45) is 0 Å². The summed E-state index contributed by atoms with van der Waals surface area (Å²) in [5.41, 5.74) is 1.68. The molecule has 0 saturated heterocycles. The van der Waals surface area contributed by atoms with E-state index >= 15 is 0 Å². The van der Waals surface area contributed by atoms with Crippen molar-refractivity contribution in [3.05, 3.63) is 30.0 Å². The van der Waals surface area contributed by atoms with Crippen LogP contribution in [0.2, 0.25) is 0 Å². The molecule has 0 saturated carbocycles. The van der Waals surface area contributed by atoms with Crippen molar-refractivity contribution in [1.29, 1.82) is 0 Å². The Morgan fingerprint density at radius 2 is 2.10 bits per heavy atom. The van der Waals surface area contributed by atoms with Crippen LogP contribution in [0.4, 0.5) is 0 Å². The second kappa shape index (κ2) is 7.09. The van der Waals surface area contributed by atoms with Crippen molar-refractivity contribution in [1.82, 2.24) is 15.4 Å². The van der Waals surface area contributed by atoms with Crippen molar-refractivity contribution in [3.8, 4) is 11.3 Å². The van der Waals surface area contributed by atoms with Crippen molar-refractivity contribution >= 4 is 17.7 Å². The van der Waals surface area contributed by atoms with E-state index in [9.17, 15) is 4.79 Å². The van der Waals surface area contributed by atoms with Gasteiger partial charge >= 0.3 is 5.97 Å². The van der Waals surface area contributed by atoms with Crippen molar-refractivity contribution in [2.45, 2.75) is 25.2 Å². The summed E-state index contributed by atoms with van der Waals surface area (Å²) < 4.78 is 5.00. The van der Waals surface area contributed by atoms with Gasteiger partial charge in [-0.3, -0.25) is 0 Å². The predicted molar refractivity (Wildman–Crippen MR) is 78.8 cm³/mol. The molecule has 1 heterocycles. The minimum atomic E-state index is -0.452. The number of H-pyrrole nitrogens is 1. The molecule has 0 aliphatic heterocycles. The van der Waals surface area contributed by atoms with Gasteiger partial charge in [0.05, 0.1) is 6.61 Å². The van der Waals surface area contributed by atoms with Gasteiger partial charge in [0, 0.05) is 10.5 Å². The van der Waals surface area contributed by atoms with Gasteiger partial charge in [-0.25, -0.2) is 4.79 Å². The van der Waals surface area contributed by atoms with Gasteiger partial charge in [-0.1, -0.05) is 25.1 Å². The highest BCUT2D eigenvalue weighted by molar-refractivity contribution is 7.99. The maximum absolute atomic E-state index is 11.9. The van der Waals surface area contributed by atoms with E-state index in [1.807, 2.05) is 24.3 Å². The van der Waals surface area contributed by atoms with Crippen LogP contribution >= 0.6 is 11.8 Å². The lowest BCUT2D eigenvalue weighted by Crippen LogP contribution is -2.07. The lowest BCUT2D eigenvalue weighted by molar-refractivity contribution is 0.0520. The average Bonchev–Trinajstić information content (AvgIpc) is 2.95. The predicted octanol–water partition coefficient (Wildman–Crippen LogP) is 3.15. The van der Waals surface area contributed by atoms with Crippen molar-refractivity contribution < 1.29 is 9.53 Å². The molecule has 0 fully saturated rings. The first-order chi connectivity index (χ1) is 9.77. The fourth-order valence-corrected chi connectivity index (χ4v) is 2.68. The lowest BCUT2D eigenvalue weighted by Gasteiger charge is -2.07.